The maximum Gasteiger partial charge on any atom is 0.242 e. The van der Waals surface area contributed by atoms with Gasteiger partial charge in [0.25, 0.3) is 0 Å². The van der Waals surface area contributed by atoms with Gasteiger partial charge in [-0.1, -0.05) is 48.3 Å². The third-order valence-corrected chi connectivity index (χ3v) is 6.73. The van der Waals surface area contributed by atoms with Crippen LogP contribution in [0.4, 0.5) is 0 Å². The van der Waals surface area contributed by atoms with Crippen molar-refractivity contribution in [3.8, 4) is 5.75 Å². The van der Waals surface area contributed by atoms with Gasteiger partial charge in [0.15, 0.2) is 0 Å². The van der Waals surface area contributed by atoms with E-state index in [-0.39, 0.29) is 23.6 Å². The van der Waals surface area contributed by atoms with E-state index >= 15 is 0 Å². The minimum Gasteiger partial charge on any atom is -0.497 e. The van der Waals surface area contributed by atoms with E-state index in [1.165, 1.54) is 11.8 Å². The van der Waals surface area contributed by atoms with Crippen LogP contribution >= 0.6 is 35.0 Å². The first-order chi connectivity index (χ1) is 15.2. The first kappa shape index (κ1) is 26.4. The van der Waals surface area contributed by atoms with Crippen molar-refractivity contribution in [1.29, 1.82) is 0 Å². The number of nitrogens with zero attached hydrogens (tertiary/aromatic N) is 1. The second-order valence-electron chi connectivity index (χ2n) is 7.59. The van der Waals surface area contributed by atoms with Crippen LogP contribution in [0.15, 0.2) is 42.5 Å². The number of hydrogen-bond acceptors (Lipinski definition) is 4. The predicted octanol–water partition coefficient (Wildman–Crippen LogP) is 5.57. The minimum absolute atomic E-state index is 0.0457. The molecule has 174 valence electrons. The van der Waals surface area contributed by atoms with Gasteiger partial charge >= 0.3 is 0 Å². The van der Waals surface area contributed by atoms with E-state index in [4.69, 9.17) is 27.9 Å². The van der Waals surface area contributed by atoms with Gasteiger partial charge in [-0.15, -0.1) is 11.8 Å². The molecule has 0 heterocycles. The quantitative estimate of drug-likeness (QED) is 0.441. The number of methoxy groups -OCH3 is 1. The molecule has 0 saturated heterocycles. The van der Waals surface area contributed by atoms with Crippen LogP contribution in [0.5, 0.6) is 5.75 Å². The van der Waals surface area contributed by atoms with Gasteiger partial charge in [-0.05, 0) is 55.7 Å². The topological polar surface area (TPSA) is 58.6 Å². The molecule has 2 atom stereocenters. The highest BCUT2D eigenvalue weighted by Gasteiger charge is 2.26. The lowest BCUT2D eigenvalue weighted by molar-refractivity contribution is -0.138. The van der Waals surface area contributed by atoms with E-state index in [0.717, 1.165) is 23.3 Å². The van der Waals surface area contributed by atoms with E-state index in [9.17, 15) is 9.59 Å². The smallest absolute Gasteiger partial charge is 0.242 e. The molecular formula is C24H30Cl2N2O3S. The summed E-state index contributed by atoms with van der Waals surface area (Å²) in [5, 5.41) is 4.13. The van der Waals surface area contributed by atoms with Crippen molar-refractivity contribution in [2.45, 2.75) is 51.6 Å². The third kappa shape index (κ3) is 7.91. The molecule has 0 saturated carbocycles. The van der Waals surface area contributed by atoms with Crippen molar-refractivity contribution in [1.82, 2.24) is 10.2 Å². The first-order valence-corrected chi connectivity index (χ1v) is 12.4. The minimum atomic E-state index is -0.599. The number of amides is 2. The predicted molar refractivity (Wildman–Crippen MR) is 134 cm³/mol. The molecule has 0 bridgehead atoms. The van der Waals surface area contributed by atoms with Gasteiger partial charge in [0.05, 0.1) is 12.9 Å². The van der Waals surface area contributed by atoms with Gasteiger partial charge < -0.3 is 15.0 Å². The van der Waals surface area contributed by atoms with E-state index in [1.54, 1.807) is 31.1 Å². The number of ether oxygens (including phenoxy) is 1. The fourth-order valence-electron chi connectivity index (χ4n) is 2.95. The maximum absolute atomic E-state index is 13.1. The molecule has 32 heavy (non-hydrogen) atoms. The summed E-state index contributed by atoms with van der Waals surface area (Å²) in [7, 11) is 1.61. The van der Waals surface area contributed by atoms with E-state index < -0.39 is 6.04 Å². The molecule has 0 aliphatic heterocycles. The monoisotopic (exact) mass is 496 g/mol. The fraction of sp³-hybridized carbons (Fsp3) is 0.417. The highest BCUT2D eigenvalue weighted by Crippen LogP contribution is 2.25. The summed E-state index contributed by atoms with van der Waals surface area (Å²) in [6.45, 7) is 6.06. The number of benzene rings is 2. The van der Waals surface area contributed by atoms with Crippen LogP contribution in [0.1, 0.15) is 38.3 Å². The summed E-state index contributed by atoms with van der Waals surface area (Å²) in [6, 6.07) is 12.3. The second-order valence-corrected chi connectivity index (χ2v) is 9.42. The Balaban J connectivity index is 2.10. The summed E-state index contributed by atoms with van der Waals surface area (Å²) in [4.78, 5) is 27.5. The molecule has 1 N–H and O–H groups in total. The SMILES string of the molecule is CC[C@@H](C)NC(=O)[C@H](C)N(Cc1ccc(OC)cc1)C(=O)CSCc1ccc(Cl)cc1Cl. The third-order valence-electron chi connectivity index (χ3n) is 5.18. The zero-order valence-electron chi connectivity index (χ0n) is 18.9. The van der Waals surface area contributed by atoms with Gasteiger partial charge in [0.2, 0.25) is 11.8 Å². The van der Waals surface area contributed by atoms with E-state index in [2.05, 4.69) is 5.32 Å². The molecule has 0 spiro atoms. The van der Waals surface area contributed by atoms with Gasteiger partial charge in [-0.25, -0.2) is 0 Å². The van der Waals surface area contributed by atoms with Crippen molar-refractivity contribution in [3.05, 3.63) is 63.6 Å². The van der Waals surface area contributed by atoms with Gasteiger partial charge in [-0.3, -0.25) is 9.59 Å². The Morgan fingerprint density at radius 1 is 1.12 bits per heavy atom. The molecular weight excluding hydrogens is 467 g/mol. The molecule has 2 rings (SSSR count). The Hall–Kier alpha value is -1.89. The molecule has 2 amide bonds. The Labute approximate surface area is 204 Å². The average Bonchev–Trinajstić information content (AvgIpc) is 2.78. The van der Waals surface area contributed by atoms with Crippen molar-refractivity contribution >= 4 is 46.8 Å². The molecule has 8 heteroatoms. The lowest BCUT2D eigenvalue weighted by atomic mass is 10.1. The van der Waals surface area contributed by atoms with Crippen molar-refractivity contribution in [3.63, 3.8) is 0 Å². The van der Waals surface area contributed by atoms with Crippen molar-refractivity contribution in [2.75, 3.05) is 12.9 Å². The molecule has 0 aromatic heterocycles. The molecule has 0 fully saturated rings. The van der Waals surface area contributed by atoms with Crippen LogP contribution in [-0.4, -0.2) is 41.7 Å². The molecule has 0 radical (unpaired) electrons. The van der Waals surface area contributed by atoms with Crippen LogP contribution < -0.4 is 10.1 Å². The molecule has 0 aliphatic rings. The zero-order chi connectivity index (χ0) is 23.7. The normalized spacial score (nSPS) is 12.7. The summed E-state index contributed by atoms with van der Waals surface area (Å²) in [5.74, 6) is 1.28. The van der Waals surface area contributed by atoms with Gasteiger partial charge in [0, 0.05) is 28.4 Å². The Kier molecular flexibility index (Phi) is 10.7. The van der Waals surface area contributed by atoms with Crippen LogP contribution in [0, 0.1) is 0 Å². The van der Waals surface area contributed by atoms with E-state index in [0.29, 0.717) is 22.3 Å². The number of rotatable bonds is 11. The number of halogens is 2. The van der Waals surface area contributed by atoms with Crippen LogP contribution in [0.25, 0.3) is 0 Å². The Bertz CT molecular complexity index is 909. The molecule has 2 aromatic carbocycles. The summed E-state index contributed by atoms with van der Waals surface area (Å²) < 4.78 is 5.21. The number of hydrogen-bond donors (Lipinski definition) is 1. The molecule has 0 aliphatic carbocycles. The van der Waals surface area contributed by atoms with Crippen LogP contribution in [-0.2, 0) is 21.9 Å². The molecule has 5 nitrogen and oxygen atoms in total. The average molecular weight is 497 g/mol. The van der Waals surface area contributed by atoms with Crippen molar-refractivity contribution in [2.24, 2.45) is 0 Å². The lowest BCUT2D eigenvalue weighted by Crippen LogP contribution is -2.50. The lowest BCUT2D eigenvalue weighted by Gasteiger charge is -2.29. The van der Waals surface area contributed by atoms with Crippen LogP contribution in [0.2, 0.25) is 10.0 Å². The second kappa shape index (κ2) is 13.0. The standard InChI is InChI=1S/C24H30Cl2N2O3S/c1-5-16(2)27-24(30)17(3)28(13-18-6-10-21(31-4)11-7-18)23(29)15-32-14-19-8-9-20(25)12-22(19)26/h6-12,16-17H,5,13-15H2,1-4H3,(H,27,30)/t16-,17+/m1/s1. The number of thioether (sulfide) groups is 1. The number of carbonyl (C=O) groups is 2. The summed E-state index contributed by atoms with van der Waals surface area (Å²) in [5.41, 5.74) is 1.84. The van der Waals surface area contributed by atoms with Gasteiger partial charge in [0.1, 0.15) is 11.8 Å². The highest BCUT2D eigenvalue weighted by molar-refractivity contribution is 7.99. The maximum atomic E-state index is 13.1. The molecule has 0 unspecified atom stereocenters. The summed E-state index contributed by atoms with van der Waals surface area (Å²) >= 11 is 13.6. The zero-order valence-corrected chi connectivity index (χ0v) is 21.2. The number of carbonyl (C=O) groups excluding carboxylic acids is 2. The first-order valence-electron chi connectivity index (χ1n) is 10.5. The van der Waals surface area contributed by atoms with Crippen molar-refractivity contribution < 1.29 is 14.3 Å². The largest absolute Gasteiger partial charge is 0.497 e. The van der Waals surface area contributed by atoms with E-state index in [1.807, 2.05) is 44.2 Å². The molecule has 2 aromatic rings. The van der Waals surface area contributed by atoms with Crippen LogP contribution in [0.3, 0.4) is 0 Å². The highest BCUT2D eigenvalue weighted by atomic mass is 35.5. The Morgan fingerprint density at radius 2 is 1.81 bits per heavy atom. The Morgan fingerprint density at radius 3 is 2.41 bits per heavy atom. The number of nitrogens with one attached hydrogen (secondary N) is 1. The summed E-state index contributed by atoms with van der Waals surface area (Å²) in [6.07, 6.45) is 0.822. The van der Waals surface area contributed by atoms with Gasteiger partial charge in [-0.2, -0.15) is 0 Å². The fourth-order valence-corrected chi connectivity index (χ4v) is 4.41.